The molecule has 0 bridgehead atoms. The van der Waals surface area contributed by atoms with E-state index in [1.54, 1.807) is 17.7 Å². The van der Waals surface area contributed by atoms with E-state index in [1.807, 2.05) is 48.5 Å². The summed E-state index contributed by atoms with van der Waals surface area (Å²) in [4.78, 5) is 8.62. The van der Waals surface area contributed by atoms with Gasteiger partial charge in [0.05, 0.1) is 5.52 Å². The Morgan fingerprint density at radius 3 is 2.67 bits per heavy atom. The number of hydrogen-bond acceptors (Lipinski definition) is 5. The highest BCUT2D eigenvalue weighted by molar-refractivity contribution is 7.07. The Balaban J connectivity index is 1.48. The molecule has 0 amide bonds. The molecule has 0 spiro atoms. The zero-order valence-electron chi connectivity index (χ0n) is 12.8. The number of rotatable bonds is 5. The van der Waals surface area contributed by atoms with Crippen molar-refractivity contribution in [3.63, 3.8) is 0 Å². The maximum absolute atomic E-state index is 5.78. The number of ether oxygens (including phenoxy) is 1. The highest BCUT2D eigenvalue weighted by Gasteiger charge is 2.04. The highest BCUT2D eigenvalue weighted by atomic mass is 32.1. The second-order valence-corrected chi connectivity index (χ2v) is 6.09. The number of fused-ring (bicyclic) bond motifs is 1. The Morgan fingerprint density at radius 2 is 1.83 bits per heavy atom. The number of anilines is 2. The first-order valence-corrected chi connectivity index (χ1v) is 8.53. The lowest BCUT2D eigenvalue weighted by molar-refractivity contribution is 0.307. The van der Waals surface area contributed by atoms with Crippen molar-refractivity contribution in [2.24, 2.45) is 0 Å². The minimum Gasteiger partial charge on any atom is -0.489 e. The van der Waals surface area contributed by atoms with Gasteiger partial charge in [0.15, 0.2) is 0 Å². The summed E-state index contributed by atoms with van der Waals surface area (Å²) in [5.74, 6) is 1.65. The Bertz CT molecular complexity index is 931. The van der Waals surface area contributed by atoms with Gasteiger partial charge in [-0.15, -0.1) is 0 Å². The van der Waals surface area contributed by atoms with E-state index in [4.69, 9.17) is 4.74 Å². The lowest BCUT2D eigenvalue weighted by Crippen LogP contribution is -1.97. The average molecular weight is 333 g/mol. The van der Waals surface area contributed by atoms with Crippen LogP contribution in [0.2, 0.25) is 0 Å². The van der Waals surface area contributed by atoms with Crippen LogP contribution in [0.25, 0.3) is 10.9 Å². The van der Waals surface area contributed by atoms with Gasteiger partial charge in [-0.2, -0.15) is 11.3 Å². The van der Waals surface area contributed by atoms with Crippen molar-refractivity contribution in [2.75, 3.05) is 5.32 Å². The molecule has 0 aliphatic heterocycles. The van der Waals surface area contributed by atoms with Crippen molar-refractivity contribution in [2.45, 2.75) is 6.61 Å². The van der Waals surface area contributed by atoms with E-state index in [-0.39, 0.29) is 0 Å². The molecule has 24 heavy (non-hydrogen) atoms. The minimum absolute atomic E-state index is 0.590. The number of aromatic nitrogens is 2. The summed E-state index contributed by atoms with van der Waals surface area (Å²) in [5, 5.41) is 8.48. The minimum atomic E-state index is 0.590. The van der Waals surface area contributed by atoms with Crippen molar-refractivity contribution in [1.82, 2.24) is 9.97 Å². The van der Waals surface area contributed by atoms with Crippen LogP contribution in [0, 0.1) is 0 Å². The van der Waals surface area contributed by atoms with Crippen molar-refractivity contribution < 1.29 is 4.74 Å². The van der Waals surface area contributed by atoms with Crippen molar-refractivity contribution >= 4 is 33.7 Å². The topological polar surface area (TPSA) is 47.0 Å². The first kappa shape index (κ1) is 14.7. The molecule has 2 aromatic carbocycles. The molecular formula is C19H15N3OS. The molecule has 0 saturated heterocycles. The van der Waals surface area contributed by atoms with Crippen molar-refractivity contribution in [3.05, 3.63) is 77.2 Å². The normalized spacial score (nSPS) is 10.7. The van der Waals surface area contributed by atoms with Crippen LogP contribution in [0.4, 0.5) is 11.5 Å². The van der Waals surface area contributed by atoms with Gasteiger partial charge in [0, 0.05) is 11.1 Å². The van der Waals surface area contributed by atoms with Gasteiger partial charge in [0.2, 0.25) is 0 Å². The maximum Gasteiger partial charge on any atom is 0.141 e. The van der Waals surface area contributed by atoms with Gasteiger partial charge in [-0.25, -0.2) is 9.97 Å². The fourth-order valence-corrected chi connectivity index (χ4v) is 3.07. The molecule has 0 aliphatic rings. The Kier molecular flexibility index (Phi) is 4.08. The van der Waals surface area contributed by atoms with E-state index in [0.717, 1.165) is 28.2 Å². The van der Waals surface area contributed by atoms with Crippen molar-refractivity contribution in [1.29, 1.82) is 0 Å². The molecule has 4 aromatic rings. The molecular weight excluding hydrogens is 318 g/mol. The fourth-order valence-electron chi connectivity index (χ4n) is 2.42. The number of para-hydroxylation sites is 1. The zero-order valence-corrected chi connectivity index (χ0v) is 13.7. The predicted molar refractivity (Wildman–Crippen MR) is 97.9 cm³/mol. The van der Waals surface area contributed by atoms with Gasteiger partial charge in [0.1, 0.15) is 24.5 Å². The molecule has 2 aromatic heterocycles. The van der Waals surface area contributed by atoms with Gasteiger partial charge in [-0.1, -0.05) is 12.1 Å². The summed E-state index contributed by atoms with van der Waals surface area (Å²) < 4.78 is 5.78. The molecule has 5 heteroatoms. The molecule has 0 fully saturated rings. The lowest BCUT2D eigenvalue weighted by atomic mass is 10.2. The second-order valence-electron chi connectivity index (χ2n) is 5.31. The molecule has 0 atom stereocenters. The van der Waals surface area contributed by atoms with Crippen LogP contribution in [-0.2, 0) is 6.61 Å². The molecule has 1 N–H and O–H groups in total. The second kappa shape index (κ2) is 6.68. The SMILES string of the molecule is c1ccc2c(Nc3ccc(OCc4ccsc4)cc3)ncnc2c1. The van der Waals surface area contributed by atoms with E-state index in [0.29, 0.717) is 6.61 Å². The molecule has 4 rings (SSSR count). The molecule has 0 unspecified atom stereocenters. The van der Waals surface area contributed by atoms with Crippen molar-refractivity contribution in [3.8, 4) is 5.75 Å². The monoisotopic (exact) mass is 333 g/mol. The Hall–Kier alpha value is -2.92. The van der Waals surface area contributed by atoms with Gasteiger partial charge in [-0.05, 0) is 58.8 Å². The molecule has 4 nitrogen and oxygen atoms in total. The third kappa shape index (κ3) is 3.21. The number of hydrogen-bond donors (Lipinski definition) is 1. The molecule has 0 aliphatic carbocycles. The summed E-state index contributed by atoms with van der Waals surface area (Å²) in [6.45, 7) is 0.590. The Labute approximate surface area is 143 Å². The number of benzene rings is 2. The molecule has 118 valence electrons. The maximum atomic E-state index is 5.78. The van der Waals surface area contributed by atoms with Crippen LogP contribution < -0.4 is 10.1 Å². The largest absolute Gasteiger partial charge is 0.489 e. The van der Waals surface area contributed by atoms with Crippen LogP contribution in [-0.4, -0.2) is 9.97 Å². The predicted octanol–water partition coefficient (Wildman–Crippen LogP) is 5.01. The van der Waals surface area contributed by atoms with Gasteiger partial charge < -0.3 is 10.1 Å². The number of nitrogens with zero attached hydrogens (tertiary/aromatic N) is 2. The summed E-state index contributed by atoms with van der Waals surface area (Å²) in [6, 6.07) is 17.9. The van der Waals surface area contributed by atoms with Gasteiger partial charge >= 0.3 is 0 Å². The van der Waals surface area contributed by atoms with Crippen LogP contribution >= 0.6 is 11.3 Å². The lowest BCUT2D eigenvalue weighted by Gasteiger charge is -2.09. The van der Waals surface area contributed by atoms with Crippen LogP contribution in [0.3, 0.4) is 0 Å². The highest BCUT2D eigenvalue weighted by Crippen LogP contribution is 2.24. The zero-order chi connectivity index (χ0) is 16.2. The fraction of sp³-hybridized carbons (Fsp3) is 0.0526. The van der Waals surface area contributed by atoms with E-state index in [2.05, 4.69) is 32.1 Å². The van der Waals surface area contributed by atoms with Crippen LogP contribution in [0.5, 0.6) is 5.75 Å². The summed E-state index contributed by atoms with van der Waals surface area (Å²) in [6.07, 6.45) is 1.57. The smallest absolute Gasteiger partial charge is 0.141 e. The van der Waals surface area contributed by atoms with E-state index >= 15 is 0 Å². The summed E-state index contributed by atoms with van der Waals surface area (Å²) in [5.41, 5.74) is 3.07. The first-order valence-electron chi connectivity index (χ1n) is 7.59. The molecule has 0 saturated carbocycles. The third-order valence-electron chi connectivity index (χ3n) is 3.65. The van der Waals surface area contributed by atoms with E-state index < -0.39 is 0 Å². The van der Waals surface area contributed by atoms with E-state index in [1.165, 1.54) is 5.56 Å². The summed E-state index contributed by atoms with van der Waals surface area (Å²) in [7, 11) is 0. The van der Waals surface area contributed by atoms with Crippen LogP contribution in [0.15, 0.2) is 71.7 Å². The molecule has 2 heterocycles. The molecule has 0 radical (unpaired) electrons. The standard InChI is InChI=1S/C19H15N3OS/c1-2-4-18-17(3-1)19(21-13-20-18)22-15-5-7-16(8-6-15)23-11-14-9-10-24-12-14/h1-10,12-13H,11H2,(H,20,21,22). The summed E-state index contributed by atoms with van der Waals surface area (Å²) >= 11 is 1.68. The number of thiophene rings is 1. The van der Waals surface area contributed by atoms with Crippen LogP contribution in [0.1, 0.15) is 5.56 Å². The number of nitrogens with one attached hydrogen (secondary N) is 1. The van der Waals surface area contributed by atoms with Gasteiger partial charge in [0.25, 0.3) is 0 Å². The quantitative estimate of drug-likeness (QED) is 0.557. The third-order valence-corrected chi connectivity index (χ3v) is 4.38. The van der Waals surface area contributed by atoms with Gasteiger partial charge in [-0.3, -0.25) is 0 Å². The average Bonchev–Trinajstić information content (AvgIpc) is 3.15. The first-order chi connectivity index (χ1) is 11.9. The van der Waals surface area contributed by atoms with E-state index in [9.17, 15) is 0 Å². The Morgan fingerprint density at radius 1 is 0.958 bits per heavy atom.